The second-order valence-corrected chi connectivity index (χ2v) is 5.69. The van der Waals surface area contributed by atoms with Gasteiger partial charge in [0.15, 0.2) is 6.61 Å². The van der Waals surface area contributed by atoms with Crippen molar-refractivity contribution in [2.75, 3.05) is 37.7 Å². The van der Waals surface area contributed by atoms with Crippen LogP contribution in [-0.2, 0) is 4.79 Å². The Morgan fingerprint density at radius 1 is 1.32 bits per heavy atom. The third-order valence-corrected chi connectivity index (χ3v) is 4.04. The predicted octanol–water partition coefficient (Wildman–Crippen LogP) is 1.21. The molecular weight excluding hydrogens is 329 g/mol. The first-order valence-electron chi connectivity index (χ1n) is 7.89. The summed E-state index contributed by atoms with van der Waals surface area (Å²) in [5.41, 5.74) is 0.376. The number of carbonyl (C=O) groups excluding carboxylic acids is 1. The van der Waals surface area contributed by atoms with E-state index in [4.69, 9.17) is 9.15 Å². The summed E-state index contributed by atoms with van der Waals surface area (Å²) in [6.07, 6.45) is 4.04. The van der Waals surface area contributed by atoms with Crippen LogP contribution in [0.4, 0.5) is 10.1 Å². The highest BCUT2D eigenvalue weighted by Gasteiger charge is 2.22. The highest BCUT2D eigenvalue weighted by atomic mass is 19.1. The number of hydrogen-bond donors (Lipinski definition) is 0. The topological polar surface area (TPSA) is 75.9 Å². The predicted molar refractivity (Wildman–Crippen MR) is 88.2 cm³/mol. The van der Waals surface area contributed by atoms with Gasteiger partial charge in [-0.2, -0.15) is 0 Å². The van der Waals surface area contributed by atoms with E-state index < -0.39 is 0 Å². The molecule has 2 aromatic rings. The smallest absolute Gasteiger partial charge is 0.260 e. The molecule has 8 heteroatoms. The molecule has 132 valence electrons. The van der Waals surface area contributed by atoms with E-state index in [1.807, 2.05) is 4.90 Å². The SMILES string of the molecule is Cc1occc(=O)c1OCC(=O)N1CCN(c2cncc(F)c2)CC1. The van der Waals surface area contributed by atoms with Gasteiger partial charge in [0.1, 0.15) is 11.6 Å². The minimum absolute atomic E-state index is 0.0559. The van der Waals surface area contributed by atoms with Crippen LogP contribution in [0.25, 0.3) is 0 Å². The lowest BCUT2D eigenvalue weighted by molar-refractivity contribution is -0.133. The molecule has 2 aromatic heterocycles. The second kappa shape index (κ2) is 7.33. The molecule has 0 saturated carbocycles. The van der Waals surface area contributed by atoms with E-state index in [1.165, 1.54) is 18.4 Å². The summed E-state index contributed by atoms with van der Waals surface area (Å²) in [5, 5.41) is 0. The van der Waals surface area contributed by atoms with Crippen LogP contribution in [0.1, 0.15) is 5.76 Å². The average Bonchev–Trinajstić information content (AvgIpc) is 2.61. The molecule has 0 atom stereocenters. The number of rotatable bonds is 4. The van der Waals surface area contributed by atoms with Gasteiger partial charge in [0.2, 0.25) is 11.2 Å². The van der Waals surface area contributed by atoms with Crippen LogP contribution in [-0.4, -0.2) is 48.6 Å². The molecule has 3 heterocycles. The monoisotopic (exact) mass is 347 g/mol. The lowest BCUT2D eigenvalue weighted by Gasteiger charge is -2.35. The zero-order chi connectivity index (χ0) is 17.8. The Bertz CT molecular complexity index is 816. The normalized spacial score (nSPS) is 14.5. The van der Waals surface area contributed by atoms with Crippen molar-refractivity contribution in [1.29, 1.82) is 0 Å². The van der Waals surface area contributed by atoms with Gasteiger partial charge in [-0.15, -0.1) is 0 Å². The lowest BCUT2D eigenvalue weighted by atomic mass is 10.2. The van der Waals surface area contributed by atoms with Gasteiger partial charge in [0, 0.05) is 38.3 Å². The average molecular weight is 347 g/mol. The first kappa shape index (κ1) is 16.9. The summed E-state index contributed by atoms with van der Waals surface area (Å²) in [6.45, 7) is 3.50. The van der Waals surface area contributed by atoms with Gasteiger partial charge in [0.25, 0.3) is 5.91 Å². The molecule has 1 saturated heterocycles. The molecule has 0 unspecified atom stereocenters. The summed E-state index contributed by atoms with van der Waals surface area (Å²) >= 11 is 0. The van der Waals surface area contributed by atoms with Crippen LogP contribution >= 0.6 is 0 Å². The van der Waals surface area contributed by atoms with Gasteiger partial charge in [-0.1, -0.05) is 0 Å². The molecule has 1 fully saturated rings. The van der Waals surface area contributed by atoms with Crippen molar-refractivity contribution in [3.8, 4) is 5.75 Å². The molecule has 0 radical (unpaired) electrons. The summed E-state index contributed by atoms with van der Waals surface area (Å²) in [6, 6.07) is 2.67. The zero-order valence-electron chi connectivity index (χ0n) is 13.8. The lowest BCUT2D eigenvalue weighted by Crippen LogP contribution is -2.50. The number of amides is 1. The van der Waals surface area contributed by atoms with Crippen molar-refractivity contribution in [2.45, 2.75) is 6.92 Å². The minimum atomic E-state index is -0.388. The number of aryl methyl sites for hydroxylation is 1. The van der Waals surface area contributed by atoms with E-state index in [-0.39, 0.29) is 29.5 Å². The van der Waals surface area contributed by atoms with Crippen molar-refractivity contribution in [3.63, 3.8) is 0 Å². The third kappa shape index (κ3) is 3.96. The fourth-order valence-corrected chi connectivity index (χ4v) is 2.69. The maximum absolute atomic E-state index is 13.3. The van der Waals surface area contributed by atoms with E-state index in [0.717, 1.165) is 6.20 Å². The zero-order valence-corrected chi connectivity index (χ0v) is 13.8. The third-order valence-electron chi connectivity index (χ3n) is 4.04. The molecular formula is C17H18FN3O4. The Labute approximate surface area is 143 Å². The number of halogens is 1. The highest BCUT2D eigenvalue weighted by Crippen LogP contribution is 2.16. The van der Waals surface area contributed by atoms with Gasteiger partial charge in [-0.3, -0.25) is 14.6 Å². The van der Waals surface area contributed by atoms with E-state index in [1.54, 1.807) is 18.0 Å². The van der Waals surface area contributed by atoms with Gasteiger partial charge >= 0.3 is 0 Å². The van der Waals surface area contributed by atoms with Crippen LogP contribution in [0.2, 0.25) is 0 Å². The quantitative estimate of drug-likeness (QED) is 0.828. The number of anilines is 1. The first-order chi connectivity index (χ1) is 12.0. The van der Waals surface area contributed by atoms with Crippen molar-refractivity contribution >= 4 is 11.6 Å². The van der Waals surface area contributed by atoms with Crippen molar-refractivity contribution in [3.05, 3.63) is 52.6 Å². The van der Waals surface area contributed by atoms with Crippen molar-refractivity contribution < 1.29 is 18.3 Å². The summed E-state index contributed by atoms with van der Waals surface area (Å²) < 4.78 is 23.7. The second-order valence-electron chi connectivity index (χ2n) is 5.69. The fraction of sp³-hybridized carbons (Fsp3) is 0.353. The Morgan fingerprint density at radius 2 is 2.08 bits per heavy atom. The van der Waals surface area contributed by atoms with Crippen LogP contribution in [0, 0.1) is 12.7 Å². The molecule has 3 rings (SSSR count). The number of pyridine rings is 1. The molecule has 0 aromatic carbocycles. The first-order valence-corrected chi connectivity index (χ1v) is 7.89. The molecule has 0 bridgehead atoms. The molecule has 0 N–H and O–H groups in total. The summed E-state index contributed by atoms with van der Waals surface area (Å²) in [4.78, 5) is 31.4. The van der Waals surface area contributed by atoms with Crippen LogP contribution in [0.15, 0.2) is 40.0 Å². The summed E-state index contributed by atoms with van der Waals surface area (Å²) in [5.74, 6) is -0.204. The van der Waals surface area contributed by atoms with Gasteiger partial charge < -0.3 is 19.0 Å². The molecule has 1 amide bonds. The molecule has 1 aliphatic heterocycles. The largest absolute Gasteiger partial charge is 0.476 e. The Hall–Kier alpha value is -2.90. The number of carbonyl (C=O) groups is 1. The maximum atomic E-state index is 13.3. The molecule has 0 aliphatic carbocycles. The van der Waals surface area contributed by atoms with Gasteiger partial charge in [-0.05, 0) is 6.92 Å². The number of ether oxygens (including phenoxy) is 1. The van der Waals surface area contributed by atoms with Gasteiger partial charge in [0.05, 0.1) is 24.3 Å². The fourth-order valence-electron chi connectivity index (χ4n) is 2.69. The van der Waals surface area contributed by atoms with Crippen molar-refractivity contribution in [1.82, 2.24) is 9.88 Å². The standard InChI is InChI=1S/C17H18FN3O4/c1-12-17(15(22)2-7-24-12)25-11-16(23)21-5-3-20(4-6-21)14-8-13(18)9-19-10-14/h2,7-10H,3-6,11H2,1H3. The minimum Gasteiger partial charge on any atom is -0.476 e. The number of aromatic nitrogens is 1. The number of piperazine rings is 1. The van der Waals surface area contributed by atoms with Gasteiger partial charge in [-0.25, -0.2) is 4.39 Å². The highest BCUT2D eigenvalue weighted by molar-refractivity contribution is 5.78. The molecule has 1 aliphatic rings. The molecule has 7 nitrogen and oxygen atoms in total. The molecule has 0 spiro atoms. The van der Waals surface area contributed by atoms with E-state index in [9.17, 15) is 14.0 Å². The van der Waals surface area contributed by atoms with E-state index in [0.29, 0.717) is 37.6 Å². The van der Waals surface area contributed by atoms with E-state index in [2.05, 4.69) is 4.98 Å². The van der Waals surface area contributed by atoms with Crippen LogP contribution in [0.5, 0.6) is 5.75 Å². The number of hydrogen-bond acceptors (Lipinski definition) is 6. The van der Waals surface area contributed by atoms with Crippen molar-refractivity contribution in [2.24, 2.45) is 0 Å². The molecule has 25 heavy (non-hydrogen) atoms. The Balaban J connectivity index is 1.54. The number of nitrogens with zero attached hydrogens (tertiary/aromatic N) is 3. The Kier molecular flexibility index (Phi) is 4.97. The summed E-state index contributed by atoms with van der Waals surface area (Å²) in [7, 11) is 0. The maximum Gasteiger partial charge on any atom is 0.260 e. The van der Waals surface area contributed by atoms with Crippen LogP contribution in [0.3, 0.4) is 0 Å². The van der Waals surface area contributed by atoms with E-state index >= 15 is 0 Å². The van der Waals surface area contributed by atoms with Crippen LogP contribution < -0.4 is 15.1 Å². The Morgan fingerprint density at radius 3 is 2.76 bits per heavy atom.